The van der Waals surface area contributed by atoms with Crippen LogP contribution in [0.25, 0.3) is 0 Å². The molecule has 148 valence electrons. The van der Waals surface area contributed by atoms with E-state index in [2.05, 4.69) is 21.2 Å². The molecule has 6 nitrogen and oxygen atoms in total. The van der Waals surface area contributed by atoms with Crippen molar-refractivity contribution in [1.82, 2.24) is 0 Å². The van der Waals surface area contributed by atoms with Gasteiger partial charge in [-0.05, 0) is 82.7 Å². The van der Waals surface area contributed by atoms with Gasteiger partial charge in [-0.1, -0.05) is 0 Å². The Morgan fingerprint density at radius 1 is 0.759 bits per heavy atom. The molecule has 0 aliphatic heterocycles. The van der Waals surface area contributed by atoms with Crippen LogP contribution in [-0.4, -0.2) is 26.1 Å². The van der Waals surface area contributed by atoms with Crippen molar-refractivity contribution in [3.05, 3.63) is 82.3 Å². The maximum Gasteiger partial charge on any atom is 0.343 e. The third-order valence-corrected chi connectivity index (χ3v) is 4.73. The number of hydrogen-bond acceptors (Lipinski definition) is 5. The highest BCUT2D eigenvalue weighted by Gasteiger charge is 2.12. The number of benzene rings is 3. The number of hydrogen-bond donors (Lipinski definition) is 1. The maximum atomic E-state index is 12.4. The summed E-state index contributed by atoms with van der Waals surface area (Å²) >= 11 is 3.39. The Morgan fingerprint density at radius 2 is 1.28 bits per heavy atom. The molecule has 29 heavy (non-hydrogen) atoms. The molecule has 0 saturated heterocycles. The molecule has 0 fully saturated rings. The highest BCUT2D eigenvalue weighted by Crippen LogP contribution is 2.28. The zero-order chi connectivity index (χ0) is 20.8. The lowest BCUT2D eigenvalue weighted by atomic mass is 10.2. The second-order valence-corrected chi connectivity index (χ2v) is 6.80. The van der Waals surface area contributed by atoms with Crippen LogP contribution in [0, 0.1) is 0 Å². The summed E-state index contributed by atoms with van der Waals surface area (Å²) in [5.41, 5.74) is 1.45. The molecule has 3 aromatic carbocycles. The van der Waals surface area contributed by atoms with Crippen LogP contribution in [0.2, 0.25) is 0 Å². The van der Waals surface area contributed by atoms with E-state index in [0.717, 1.165) is 0 Å². The summed E-state index contributed by atoms with van der Waals surface area (Å²) in [7, 11) is 3.12. The molecule has 0 radical (unpaired) electrons. The summed E-state index contributed by atoms with van der Waals surface area (Å²) < 4.78 is 16.1. The second-order valence-electron chi connectivity index (χ2n) is 5.94. The number of carbonyl (C=O) groups is 2. The van der Waals surface area contributed by atoms with Crippen molar-refractivity contribution >= 4 is 33.5 Å². The van der Waals surface area contributed by atoms with Crippen molar-refractivity contribution in [3.63, 3.8) is 0 Å². The van der Waals surface area contributed by atoms with E-state index in [1.807, 2.05) is 0 Å². The van der Waals surface area contributed by atoms with Gasteiger partial charge in [-0.3, -0.25) is 4.79 Å². The summed E-state index contributed by atoms with van der Waals surface area (Å²) in [6, 6.07) is 18.3. The Hall–Kier alpha value is -3.32. The summed E-state index contributed by atoms with van der Waals surface area (Å²) in [4.78, 5) is 24.7. The molecule has 1 amide bonds. The van der Waals surface area contributed by atoms with Crippen LogP contribution in [0.4, 0.5) is 5.69 Å². The molecule has 0 unspecified atom stereocenters. The van der Waals surface area contributed by atoms with Gasteiger partial charge in [-0.25, -0.2) is 4.79 Å². The topological polar surface area (TPSA) is 73.9 Å². The molecular weight excluding hydrogens is 438 g/mol. The Morgan fingerprint density at radius 3 is 1.79 bits per heavy atom. The molecule has 0 aliphatic rings. The van der Waals surface area contributed by atoms with Crippen molar-refractivity contribution in [2.45, 2.75) is 0 Å². The smallest absolute Gasteiger partial charge is 0.343 e. The van der Waals surface area contributed by atoms with Crippen LogP contribution in [0.1, 0.15) is 20.7 Å². The average molecular weight is 456 g/mol. The minimum Gasteiger partial charge on any atom is -0.497 e. The van der Waals surface area contributed by atoms with Crippen LogP contribution < -0.4 is 19.5 Å². The van der Waals surface area contributed by atoms with E-state index in [4.69, 9.17) is 14.2 Å². The number of esters is 1. The SMILES string of the molecule is COc1ccc(C(=O)Nc2ccc(OC(=O)c3ccc(OC)cc3)cc2Br)cc1. The fourth-order valence-electron chi connectivity index (χ4n) is 2.49. The van der Waals surface area contributed by atoms with E-state index in [9.17, 15) is 9.59 Å². The van der Waals surface area contributed by atoms with Gasteiger partial charge < -0.3 is 19.5 Å². The Balaban J connectivity index is 1.67. The molecule has 0 saturated carbocycles. The minimum atomic E-state index is -0.491. The Labute approximate surface area is 176 Å². The van der Waals surface area contributed by atoms with Gasteiger partial charge in [0.05, 0.1) is 25.5 Å². The van der Waals surface area contributed by atoms with E-state index < -0.39 is 5.97 Å². The van der Waals surface area contributed by atoms with Crippen molar-refractivity contribution < 1.29 is 23.8 Å². The number of halogens is 1. The molecule has 0 aromatic heterocycles. The molecule has 3 rings (SSSR count). The maximum absolute atomic E-state index is 12.4. The van der Waals surface area contributed by atoms with E-state index >= 15 is 0 Å². The highest BCUT2D eigenvalue weighted by molar-refractivity contribution is 9.10. The van der Waals surface area contributed by atoms with Gasteiger partial charge >= 0.3 is 5.97 Å². The molecule has 0 aliphatic carbocycles. The van der Waals surface area contributed by atoms with Gasteiger partial charge in [-0.2, -0.15) is 0 Å². The van der Waals surface area contributed by atoms with E-state index in [1.165, 1.54) is 0 Å². The highest BCUT2D eigenvalue weighted by atomic mass is 79.9. The number of nitrogens with one attached hydrogen (secondary N) is 1. The molecule has 0 bridgehead atoms. The molecular formula is C22H18BrNO5. The van der Waals surface area contributed by atoms with Crippen molar-refractivity contribution in [2.75, 3.05) is 19.5 Å². The summed E-state index contributed by atoms with van der Waals surface area (Å²) in [6.45, 7) is 0. The number of carbonyl (C=O) groups excluding carboxylic acids is 2. The van der Waals surface area contributed by atoms with Gasteiger partial charge in [-0.15, -0.1) is 0 Å². The zero-order valence-electron chi connectivity index (χ0n) is 15.8. The van der Waals surface area contributed by atoms with Gasteiger partial charge in [0, 0.05) is 10.0 Å². The lowest BCUT2D eigenvalue weighted by molar-refractivity contribution is 0.0734. The first-order valence-electron chi connectivity index (χ1n) is 8.61. The van der Waals surface area contributed by atoms with Crippen LogP contribution in [-0.2, 0) is 0 Å². The van der Waals surface area contributed by atoms with Crippen LogP contribution >= 0.6 is 15.9 Å². The monoisotopic (exact) mass is 455 g/mol. The third kappa shape index (κ3) is 5.14. The normalized spacial score (nSPS) is 10.2. The minimum absolute atomic E-state index is 0.267. The molecule has 0 spiro atoms. The summed E-state index contributed by atoms with van der Waals surface area (Å²) in [6.07, 6.45) is 0. The van der Waals surface area contributed by atoms with Crippen LogP contribution in [0.3, 0.4) is 0 Å². The molecule has 7 heteroatoms. The van der Waals surface area contributed by atoms with Gasteiger partial charge in [0.15, 0.2) is 0 Å². The third-order valence-electron chi connectivity index (χ3n) is 4.08. The van der Waals surface area contributed by atoms with Crippen molar-refractivity contribution in [3.8, 4) is 17.2 Å². The first kappa shape index (κ1) is 20.4. The second kappa shape index (κ2) is 9.25. The predicted octanol–water partition coefficient (Wildman–Crippen LogP) is 4.94. The van der Waals surface area contributed by atoms with E-state index in [-0.39, 0.29) is 5.91 Å². The quantitative estimate of drug-likeness (QED) is 0.420. The van der Waals surface area contributed by atoms with Crippen LogP contribution in [0.5, 0.6) is 17.2 Å². The van der Waals surface area contributed by atoms with Gasteiger partial charge in [0.2, 0.25) is 0 Å². The Kier molecular flexibility index (Phi) is 6.51. The zero-order valence-corrected chi connectivity index (χ0v) is 17.4. The molecule has 1 N–H and O–H groups in total. The van der Waals surface area contributed by atoms with Crippen LogP contribution in [0.15, 0.2) is 71.2 Å². The van der Waals surface area contributed by atoms with Gasteiger partial charge in [0.1, 0.15) is 17.2 Å². The number of ether oxygens (including phenoxy) is 3. The first-order valence-corrected chi connectivity index (χ1v) is 9.40. The van der Waals surface area contributed by atoms with Crippen molar-refractivity contribution in [1.29, 1.82) is 0 Å². The number of anilines is 1. The standard InChI is InChI=1S/C22H18BrNO5/c1-27-16-7-3-14(4-8-16)21(25)24-20-12-11-18(13-19(20)23)29-22(26)15-5-9-17(28-2)10-6-15/h3-13H,1-2H3,(H,24,25). The predicted molar refractivity (Wildman–Crippen MR) is 113 cm³/mol. The summed E-state index contributed by atoms with van der Waals surface area (Å²) in [5, 5.41) is 2.81. The van der Waals surface area contributed by atoms with E-state index in [1.54, 1.807) is 80.9 Å². The van der Waals surface area contributed by atoms with E-state index in [0.29, 0.717) is 38.5 Å². The van der Waals surface area contributed by atoms with Crippen molar-refractivity contribution in [2.24, 2.45) is 0 Å². The molecule has 0 atom stereocenters. The molecule has 0 heterocycles. The number of amides is 1. The largest absolute Gasteiger partial charge is 0.497 e. The first-order chi connectivity index (χ1) is 14.0. The lowest BCUT2D eigenvalue weighted by Crippen LogP contribution is -2.12. The fourth-order valence-corrected chi connectivity index (χ4v) is 2.95. The fraction of sp³-hybridized carbons (Fsp3) is 0.0909. The average Bonchev–Trinajstić information content (AvgIpc) is 2.75. The summed E-state index contributed by atoms with van der Waals surface area (Å²) in [5.74, 6) is 0.915. The Bertz CT molecular complexity index is 1020. The number of methoxy groups -OCH3 is 2. The lowest BCUT2D eigenvalue weighted by Gasteiger charge is -2.10. The molecule has 3 aromatic rings. The number of rotatable bonds is 6. The van der Waals surface area contributed by atoms with Gasteiger partial charge in [0.25, 0.3) is 5.91 Å².